The van der Waals surface area contributed by atoms with Crippen LogP contribution in [0.4, 0.5) is 11.8 Å². The minimum atomic E-state index is 0.607. The van der Waals surface area contributed by atoms with Crippen molar-refractivity contribution in [2.24, 2.45) is 5.92 Å². The second-order valence-electron chi connectivity index (χ2n) is 5.14. The van der Waals surface area contributed by atoms with Crippen LogP contribution in [0.2, 0.25) is 0 Å². The van der Waals surface area contributed by atoms with Gasteiger partial charge < -0.3 is 15.0 Å². The van der Waals surface area contributed by atoms with Crippen molar-refractivity contribution in [3.05, 3.63) is 11.8 Å². The van der Waals surface area contributed by atoms with E-state index in [2.05, 4.69) is 34.0 Å². The fourth-order valence-electron chi connectivity index (χ4n) is 2.63. The Hall–Kier alpha value is -1.36. The zero-order chi connectivity index (χ0) is 13.7. The molecule has 1 saturated heterocycles. The SMILES string of the molecule is CCNc1ncc(C)c(N2CCCC(COC)C2)n1. The largest absolute Gasteiger partial charge is 0.384 e. The lowest BCUT2D eigenvalue weighted by Gasteiger charge is -2.34. The minimum Gasteiger partial charge on any atom is -0.384 e. The van der Waals surface area contributed by atoms with Crippen LogP contribution >= 0.6 is 0 Å². The van der Waals surface area contributed by atoms with Crippen LogP contribution in [0, 0.1) is 12.8 Å². The summed E-state index contributed by atoms with van der Waals surface area (Å²) in [7, 11) is 1.78. The molecule has 5 heteroatoms. The van der Waals surface area contributed by atoms with Gasteiger partial charge in [0.15, 0.2) is 0 Å². The number of rotatable bonds is 5. The molecule has 0 radical (unpaired) electrons. The van der Waals surface area contributed by atoms with Gasteiger partial charge in [0.25, 0.3) is 0 Å². The molecule has 0 spiro atoms. The first-order valence-corrected chi connectivity index (χ1v) is 7.06. The Morgan fingerprint density at radius 1 is 1.53 bits per heavy atom. The van der Waals surface area contributed by atoms with Gasteiger partial charge >= 0.3 is 0 Å². The smallest absolute Gasteiger partial charge is 0.224 e. The second kappa shape index (κ2) is 6.70. The van der Waals surface area contributed by atoms with Crippen LogP contribution < -0.4 is 10.2 Å². The Kier molecular flexibility index (Phi) is 4.96. The topological polar surface area (TPSA) is 50.3 Å². The molecule has 1 aromatic heterocycles. The van der Waals surface area contributed by atoms with E-state index in [1.54, 1.807) is 7.11 Å². The van der Waals surface area contributed by atoms with Crippen molar-refractivity contribution in [1.82, 2.24) is 9.97 Å². The predicted octanol–water partition coefficient (Wildman–Crippen LogP) is 2.08. The molecule has 2 rings (SSSR count). The van der Waals surface area contributed by atoms with Crippen molar-refractivity contribution in [2.75, 3.05) is 43.6 Å². The van der Waals surface area contributed by atoms with E-state index in [-0.39, 0.29) is 0 Å². The summed E-state index contributed by atoms with van der Waals surface area (Å²) in [5.41, 5.74) is 1.14. The van der Waals surface area contributed by atoms with Gasteiger partial charge in [-0.1, -0.05) is 0 Å². The number of piperidine rings is 1. The zero-order valence-corrected chi connectivity index (χ0v) is 12.1. The summed E-state index contributed by atoms with van der Waals surface area (Å²) < 4.78 is 5.29. The summed E-state index contributed by atoms with van der Waals surface area (Å²) in [5, 5.41) is 3.18. The van der Waals surface area contributed by atoms with Gasteiger partial charge in [0.1, 0.15) is 5.82 Å². The maximum Gasteiger partial charge on any atom is 0.224 e. The van der Waals surface area contributed by atoms with Gasteiger partial charge in [-0.3, -0.25) is 0 Å². The average molecular weight is 264 g/mol. The van der Waals surface area contributed by atoms with Crippen molar-refractivity contribution < 1.29 is 4.74 Å². The van der Waals surface area contributed by atoms with Crippen molar-refractivity contribution in [2.45, 2.75) is 26.7 Å². The highest BCUT2D eigenvalue weighted by molar-refractivity contribution is 5.49. The van der Waals surface area contributed by atoms with Gasteiger partial charge in [0.05, 0.1) is 6.61 Å². The van der Waals surface area contributed by atoms with Crippen LogP contribution in [0.25, 0.3) is 0 Å². The number of nitrogens with one attached hydrogen (secondary N) is 1. The monoisotopic (exact) mass is 264 g/mol. The molecule has 0 amide bonds. The molecule has 1 atom stereocenters. The Labute approximate surface area is 115 Å². The molecule has 1 aliphatic rings. The summed E-state index contributed by atoms with van der Waals surface area (Å²) in [6, 6.07) is 0. The highest BCUT2D eigenvalue weighted by Gasteiger charge is 2.22. The number of aryl methyl sites for hydroxylation is 1. The lowest BCUT2D eigenvalue weighted by Crippen LogP contribution is -2.38. The summed E-state index contributed by atoms with van der Waals surface area (Å²) in [6.07, 6.45) is 4.35. The molecule has 1 unspecified atom stereocenters. The van der Waals surface area contributed by atoms with Crippen molar-refractivity contribution in [3.63, 3.8) is 0 Å². The molecule has 0 bridgehead atoms. The maximum atomic E-state index is 5.29. The van der Waals surface area contributed by atoms with E-state index >= 15 is 0 Å². The minimum absolute atomic E-state index is 0.607. The molecular weight excluding hydrogens is 240 g/mol. The third-order valence-corrected chi connectivity index (χ3v) is 3.50. The Morgan fingerprint density at radius 2 is 2.37 bits per heavy atom. The maximum absolute atomic E-state index is 5.29. The number of hydrogen-bond acceptors (Lipinski definition) is 5. The van der Waals surface area contributed by atoms with Gasteiger partial charge in [-0.05, 0) is 32.6 Å². The molecule has 106 valence electrons. The van der Waals surface area contributed by atoms with E-state index in [1.165, 1.54) is 12.8 Å². The third-order valence-electron chi connectivity index (χ3n) is 3.50. The number of aromatic nitrogens is 2. The summed E-state index contributed by atoms with van der Waals surface area (Å²) in [5.74, 6) is 2.39. The molecule has 19 heavy (non-hydrogen) atoms. The van der Waals surface area contributed by atoms with E-state index in [0.717, 1.165) is 43.6 Å². The van der Waals surface area contributed by atoms with Crippen molar-refractivity contribution >= 4 is 11.8 Å². The highest BCUT2D eigenvalue weighted by atomic mass is 16.5. The normalized spacial score (nSPS) is 19.5. The molecule has 1 fully saturated rings. The van der Waals surface area contributed by atoms with Crippen LogP contribution in [-0.4, -0.2) is 43.3 Å². The van der Waals surface area contributed by atoms with Crippen LogP contribution in [0.15, 0.2) is 6.20 Å². The molecular formula is C14H24N4O. The van der Waals surface area contributed by atoms with E-state index < -0.39 is 0 Å². The van der Waals surface area contributed by atoms with Gasteiger partial charge in [-0.25, -0.2) is 4.98 Å². The number of methoxy groups -OCH3 is 1. The van der Waals surface area contributed by atoms with Crippen LogP contribution in [0.3, 0.4) is 0 Å². The molecule has 0 saturated carbocycles. The lowest BCUT2D eigenvalue weighted by atomic mass is 9.99. The zero-order valence-electron chi connectivity index (χ0n) is 12.1. The molecule has 1 N–H and O–H groups in total. The van der Waals surface area contributed by atoms with E-state index in [0.29, 0.717) is 5.92 Å². The van der Waals surface area contributed by atoms with Crippen LogP contribution in [0.5, 0.6) is 0 Å². The fraction of sp³-hybridized carbons (Fsp3) is 0.714. The first-order chi connectivity index (χ1) is 9.24. The number of nitrogens with zero attached hydrogens (tertiary/aromatic N) is 3. The van der Waals surface area contributed by atoms with Crippen LogP contribution in [0.1, 0.15) is 25.3 Å². The molecule has 1 aromatic rings. The van der Waals surface area contributed by atoms with Gasteiger partial charge in [0.2, 0.25) is 5.95 Å². The summed E-state index contributed by atoms with van der Waals surface area (Å²) in [4.78, 5) is 11.3. The fourth-order valence-corrected chi connectivity index (χ4v) is 2.63. The molecule has 5 nitrogen and oxygen atoms in total. The number of ether oxygens (including phenoxy) is 1. The second-order valence-corrected chi connectivity index (χ2v) is 5.14. The quantitative estimate of drug-likeness (QED) is 0.882. The summed E-state index contributed by atoms with van der Waals surface area (Å²) >= 11 is 0. The number of hydrogen-bond donors (Lipinski definition) is 1. The average Bonchev–Trinajstić information content (AvgIpc) is 2.42. The molecule has 0 aromatic carbocycles. The Balaban J connectivity index is 2.13. The first kappa shape index (κ1) is 14.1. The van der Waals surface area contributed by atoms with Crippen molar-refractivity contribution in [1.29, 1.82) is 0 Å². The Morgan fingerprint density at radius 3 is 3.11 bits per heavy atom. The van der Waals surface area contributed by atoms with E-state index in [1.807, 2.05) is 6.20 Å². The Bertz CT molecular complexity index is 408. The lowest BCUT2D eigenvalue weighted by molar-refractivity contribution is 0.143. The van der Waals surface area contributed by atoms with Gasteiger partial charge in [-0.15, -0.1) is 0 Å². The number of anilines is 2. The van der Waals surface area contributed by atoms with Gasteiger partial charge in [0, 0.05) is 38.5 Å². The standard InChI is InChI=1S/C14H24N4O/c1-4-15-14-16-8-11(2)13(17-14)18-7-5-6-12(9-18)10-19-3/h8,12H,4-7,9-10H2,1-3H3,(H,15,16,17). The summed E-state index contributed by atoms with van der Waals surface area (Å²) in [6.45, 7) is 7.90. The van der Waals surface area contributed by atoms with Gasteiger partial charge in [-0.2, -0.15) is 4.98 Å². The molecule has 0 aliphatic carbocycles. The predicted molar refractivity (Wildman–Crippen MR) is 77.7 cm³/mol. The molecule has 1 aliphatic heterocycles. The highest BCUT2D eigenvalue weighted by Crippen LogP contribution is 2.24. The first-order valence-electron chi connectivity index (χ1n) is 7.06. The van der Waals surface area contributed by atoms with Crippen molar-refractivity contribution in [3.8, 4) is 0 Å². The van der Waals surface area contributed by atoms with Crippen LogP contribution in [-0.2, 0) is 4.74 Å². The third kappa shape index (κ3) is 3.56. The molecule has 2 heterocycles. The van der Waals surface area contributed by atoms with E-state index in [9.17, 15) is 0 Å². The van der Waals surface area contributed by atoms with E-state index in [4.69, 9.17) is 4.74 Å².